The first-order chi connectivity index (χ1) is 15.6. The molecule has 2 heterocycles. The molecule has 1 unspecified atom stereocenters. The molecule has 1 aliphatic heterocycles. The summed E-state index contributed by atoms with van der Waals surface area (Å²) >= 11 is 1.75. The van der Waals surface area contributed by atoms with Crippen molar-refractivity contribution in [2.24, 2.45) is 0 Å². The van der Waals surface area contributed by atoms with Crippen molar-refractivity contribution in [3.63, 3.8) is 0 Å². The number of ether oxygens (including phenoxy) is 2. The van der Waals surface area contributed by atoms with Gasteiger partial charge in [-0.15, -0.1) is 10.2 Å². The quantitative estimate of drug-likeness (QED) is 0.416. The summed E-state index contributed by atoms with van der Waals surface area (Å²) in [6.45, 7) is 5.36. The fourth-order valence-corrected chi connectivity index (χ4v) is 5.06. The summed E-state index contributed by atoms with van der Waals surface area (Å²) in [4.78, 5) is 2.26. The lowest BCUT2D eigenvalue weighted by Gasteiger charge is -2.19. The summed E-state index contributed by atoms with van der Waals surface area (Å²) in [5.74, 6) is 2.75. The van der Waals surface area contributed by atoms with E-state index in [2.05, 4.69) is 70.0 Å². The molecule has 0 N–H and O–H groups in total. The van der Waals surface area contributed by atoms with Gasteiger partial charge in [0.2, 0.25) is 0 Å². The third kappa shape index (κ3) is 5.91. The highest BCUT2D eigenvalue weighted by Crippen LogP contribution is 2.26. The Balaban J connectivity index is 1.48. The molecule has 7 heteroatoms. The average Bonchev–Trinajstić information content (AvgIpc) is 3.44. The minimum absolute atomic E-state index is 0.242. The third-order valence-corrected chi connectivity index (χ3v) is 6.84. The van der Waals surface area contributed by atoms with Crippen molar-refractivity contribution in [1.82, 2.24) is 19.7 Å². The maximum atomic E-state index is 5.93. The molecule has 0 amide bonds. The normalized spacial score (nSPS) is 16.1. The molecular formula is C25H32N4O2S. The van der Waals surface area contributed by atoms with Gasteiger partial charge >= 0.3 is 0 Å². The number of nitrogens with zero attached hydrogens (tertiary/aromatic N) is 4. The van der Waals surface area contributed by atoms with Crippen LogP contribution in [0.2, 0.25) is 0 Å². The maximum Gasteiger partial charge on any atom is 0.191 e. The van der Waals surface area contributed by atoms with E-state index >= 15 is 0 Å². The van der Waals surface area contributed by atoms with E-state index in [9.17, 15) is 0 Å². The Kier molecular flexibility index (Phi) is 7.84. The van der Waals surface area contributed by atoms with E-state index in [0.717, 1.165) is 61.6 Å². The van der Waals surface area contributed by atoms with Crippen LogP contribution >= 0.6 is 11.8 Å². The number of aryl methyl sites for hydroxylation is 1. The predicted molar refractivity (Wildman–Crippen MR) is 128 cm³/mol. The zero-order valence-corrected chi connectivity index (χ0v) is 20.0. The Bertz CT molecular complexity index is 1020. The number of rotatable bonds is 10. The second-order valence-electron chi connectivity index (χ2n) is 8.38. The first-order valence-electron chi connectivity index (χ1n) is 11.1. The number of benzene rings is 2. The average molecular weight is 453 g/mol. The van der Waals surface area contributed by atoms with Gasteiger partial charge in [0.15, 0.2) is 5.16 Å². The van der Waals surface area contributed by atoms with Gasteiger partial charge in [-0.2, -0.15) is 0 Å². The topological polar surface area (TPSA) is 52.4 Å². The highest BCUT2D eigenvalue weighted by molar-refractivity contribution is 7.98. The minimum Gasteiger partial charge on any atom is -0.497 e. The van der Waals surface area contributed by atoms with Crippen LogP contribution in [0.3, 0.4) is 0 Å². The first-order valence-corrected chi connectivity index (χ1v) is 12.1. The van der Waals surface area contributed by atoms with Crippen molar-refractivity contribution in [2.45, 2.75) is 56.4 Å². The Morgan fingerprint density at radius 2 is 2.03 bits per heavy atom. The van der Waals surface area contributed by atoms with Crippen molar-refractivity contribution in [3.8, 4) is 5.75 Å². The van der Waals surface area contributed by atoms with E-state index in [-0.39, 0.29) is 6.10 Å². The smallest absolute Gasteiger partial charge is 0.191 e. The summed E-state index contributed by atoms with van der Waals surface area (Å²) < 4.78 is 13.6. The van der Waals surface area contributed by atoms with E-state index in [1.165, 1.54) is 16.7 Å². The first kappa shape index (κ1) is 22.8. The van der Waals surface area contributed by atoms with Crippen molar-refractivity contribution in [2.75, 3.05) is 20.8 Å². The molecule has 1 saturated heterocycles. The molecule has 1 atom stereocenters. The molecule has 170 valence electrons. The van der Waals surface area contributed by atoms with E-state index < -0.39 is 0 Å². The molecule has 0 spiro atoms. The van der Waals surface area contributed by atoms with Crippen molar-refractivity contribution in [3.05, 3.63) is 71.0 Å². The predicted octanol–water partition coefficient (Wildman–Crippen LogP) is 4.70. The lowest BCUT2D eigenvalue weighted by molar-refractivity contribution is 0.0934. The largest absolute Gasteiger partial charge is 0.497 e. The molecule has 6 nitrogen and oxygen atoms in total. The van der Waals surface area contributed by atoms with Crippen LogP contribution in [0.1, 0.15) is 35.4 Å². The van der Waals surface area contributed by atoms with Crippen LogP contribution in [-0.4, -0.2) is 46.5 Å². The van der Waals surface area contributed by atoms with E-state index in [1.54, 1.807) is 18.9 Å². The fraction of sp³-hybridized carbons (Fsp3) is 0.440. The highest BCUT2D eigenvalue weighted by Gasteiger charge is 2.22. The molecule has 0 aliphatic carbocycles. The highest BCUT2D eigenvalue weighted by atomic mass is 32.2. The van der Waals surface area contributed by atoms with Crippen molar-refractivity contribution >= 4 is 11.8 Å². The van der Waals surface area contributed by atoms with Crippen LogP contribution in [0.5, 0.6) is 5.75 Å². The molecule has 1 aliphatic rings. The molecule has 0 bridgehead atoms. The van der Waals surface area contributed by atoms with E-state index in [4.69, 9.17) is 9.47 Å². The van der Waals surface area contributed by atoms with Gasteiger partial charge < -0.3 is 14.0 Å². The van der Waals surface area contributed by atoms with Crippen LogP contribution < -0.4 is 4.74 Å². The van der Waals surface area contributed by atoms with Crippen LogP contribution in [0, 0.1) is 6.92 Å². The van der Waals surface area contributed by atoms with Gasteiger partial charge in [-0.05, 0) is 55.6 Å². The van der Waals surface area contributed by atoms with Gasteiger partial charge in [-0.1, -0.05) is 48.2 Å². The summed E-state index contributed by atoms with van der Waals surface area (Å²) in [5, 5.41) is 10.1. The molecule has 0 radical (unpaired) electrons. The zero-order chi connectivity index (χ0) is 22.3. The summed E-state index contributed by atoms with van der Waals surface area (Å²) in [6, 6.07) is 16.7. The van der Waals surface area contributed by atoms with Crippen LogP contribution in [0.25, 0.3) is 0 Å². The van der Waals surface area contributed by atoms with E-state index in [1.807, 2.05) is 12.1 Å². The standard InChI is InChI=1S/C25H32N4O2S/c1-19-8-4-5-10-21(19)18-32-25-27-26-24(29(25)16-23-12-7-13-31-23)17-28(2)15-20-9-6-11-22(14-20)30-3/h4-6,8-11,14,23H,7,12-13,15-18H2,1-3H3. The summed E-state index contributed by atoms with van der Waals surface area (Å²) in [7, 11) is 3.82. The van der Waals surface area contributed by atoms with Gasteiger partial charge in [0.1, 0.15) is 11.6 Å². The minimum atomic E-state index is 0.242. The third-order valence-electron chi connectivity index (χ3n) is 5.82. The Morgan fingerprint density at radius 1 is 1.16 bits per heavy atom. The molecule has 3 aromatic rings. The molecule has 1 aromatic heterocycles. The van der Waals surface area contributed by atoms with Gasteiger partial charge in [-0.25, -0.2) is 0 Å². The Hall–Kier alpha value is -2.35. The molecular weight excluding hydrogens is 420 g/mol. The number of hydrogen-bond acceptors (Lipinski definition) is 6. The molecule has 1 fully saturated rings. The lowest BCUT2D eigenvalue weighted by Crippen LogP contribution is -2.23. The van der Waals surface area contributed by atoms with Crippen LogP contribution in [0.15, 0.2) is 53.7 Å². The van der Waals surface area contributed by atoms with Crippen molar-refractivity contribution < 1.29 is 9.47 Å². The van der Waals surface area contributed by atoms with Gasteiger partial charge in [0, 0.05) is 18.9 Å². The van der Waals surface area contributed by atoms with Gasteiger partial charge in [-0.3, -0.25) is 4.90 Å². The SMILES string of the molecule is COc1cccc(CN(C)Cc2nnc(SCc3ccccc3C)n2CC2CCCO2)c1. The number of aromatic nitrogens is 3. The molecule has 0 saturated carbocycles. The number of methoxy groups -OCH3 is 1. The summed E-state index contributed by atoms with van der Waals surface area (Å²) in [5.41, 5.74) is 3.86. The number of hydrogen-bond donors (Lipinski definition) is 0. The van der Waals surface area contributed by atoms with E-state index in [0.29, 0.717) is 0 Å². The second kappa shape index (κ2) is 11.0. The molecule has 32 heavy (non-hydrogen) atoms. The summed E-state index contributed by atoms with van der Waals surface area (Å²) in [6.07, 6.45) is 2.47. The monoisotopic (exact) mass is 452 g/mol. The number of thioether (sulfide) groups is 1. The molecule has 2 aromatic carbocycles. The zero-order valence-electron chi connectivity index (χ0n) is 19.2. The van der Waals surface area contributed by atoms with Crippen molar-refractivity contribution in [1.29, 1.82) is 0 Å². The second-order valence-corrected chi connectivity index (χ2v) is 9.33. The maximum absolute atomic E-state index is 5.93. The lowest BCUT2D eigenvalue weighted by atomic mass is 10.1. The Morgan fingerprint density at radius 3 is 2.81 bits per heavy atom. The van der Waals surface area contributed by atoms with Crippen LogP contribution in [0.4, 0.5) is 0 Å². The molecule has 4 rings (SSSR count). The van der Waals surface area contributed by atoms with Gasteiger partial charge in [0.05, 0.1) is 26.3 Å². The Labute approximate surface area is 194 Å². The van der Waals surface area contributed by atoms with Gasteiger partial charge in [0.25, 0.3) is 0 Å². The fourth-order valence-electron chi connectivity index (χ4n) is 4.01. The van der Waals surface area contributed by atoms with Crippen LogP contribution in [-0.2, 0) is 30.1 Å².